The molecule has 7 heteroatoms. The topological polar surface area (TPSA) is 16.1 Å². The van der Waals surface area contributed by atoms with Gasteiger partial charge in [-0.1, -0.05) is 0 Å². The van der Waals surface area contributed by atoms with Gasteiger partial charge in [-0.15, -0.1) is 11.6 Å². The highest BCUT2D eigenvalue weighted by molar-refractivity contribution is 9.10. The Labute approximate surface area is 116 Å². The maximum absolute atomic E-state index is 13.0. The lowest BCUT2D eigenvalue weighted by Gasteiger charge is -2.25. The van der Waals surface area contributed by atoms with Gasteiger partial charge in [0.1, 0.15) is 5.82 Å². The molecule has 0 spiro atoms. The minimum Gasteiger partial charge on any atom is -0.352 e. The first-order valence-corrected chi connectivity index (χ1v) is 6.81. The van der Waals surface area contributed by atoms with Crippen LogP contribution in [0.2, 0.25) is 0 Å². The Kier molecular flexibility index (Phi) is 4.06. The van der Waals surface area contributed by atoms with Crippen LogP contribution in [0.5, 0.6) is 0 Å². The van der Waals surface area contributed by atoms with E-state index in [1.165, 1.54) is 6.20 Å². The van der Waals surface area contributed by atoms with E-state index >= 15 is 0 Å². The summed E-state index contributed by atoms with van der Waals surface area (Å²) in [6.07, 6.45) is -1.24. The smallest absolute Gasteiger partial charge is 0.352 e. The number of alkyl halides is 4. The molecule has 0 bridgehead atoms. The molecular formula is C11H11BrClF3N2. The Morgan fingerprint density at radius 2 is 2.11 bits per heavy atom. The molecule has 2 rings (SSSR count). The molecule has 1 heterocycles. The Hall–Kier alpha value is -0.490. The summed E-state index contributed by atoms with van der Waals surface area (Å²) in [5, 5.41) is 0. The second kappa shape index (κ2) is 5.25. The fourth-order valence-electron chi connectivity index (χ4n) is 1.81. The van der Waals surface area contributed by atoms with Gasteiger partial charge in [-0.2, -0.15) is 13.2 Å². The molecule has 0 amide bonds. The first-order chi connectivity index (χ1) is 8.43. The fourth-order valence-corrected chi connectivity index (χ4v) is 2.32. The third-order valence-corrected chi connectivity index (χ3v) is 3.33. The molecule has 0 atom stereocenters. The van der Waals surface area contributed by atoms with Gasteiger partial charge in [0.15, 0.2) is 0 Å². The summed E-state index contributed by atoms with van der Waals surface area (Å²) in [4.78, 5) is 5.58. The van der Waals surface area contributed by atoms with Crippen molar-refractivity contribution >= 4 is 33.3 Å². The average Bonchev–Trinajstić information content (AvgIpc) is 3.09. The molecule has 0 saturated heterocycles. The molecule has 1 aliphatic rings. The van der Waals surface area contributed by atoms with Crippen LogP contribution in [-0.4, -0.2) is 23.5 Å². The summed E-state index contributed by atoms with van der Waals surface area (Å²) in [7, 11) is 0. The zero-order valence-corrected chi connectivity index (χ0v) is 11.7. The summed E-state index contributed by atoms with van der Waals surface area (Å²) in [5.74, 6) is 0.264. The number of rotatable bonds is 4. The number of hydrogen-bond donors (Lipinski definition) is 0. The van der Waals surface area contributed by atoms with E-state index in [1.54, 1.807) is 4.90 Å². The molecule has 1 aromatic heterocycles. The van der Waals surface area contributed by atoms with Crippen LogP contribution < -0.4 is 4.90 Å². The number of pyridine rings is 1. The molecule has 18 heavy (non-hydrogen) atoms. The van der Waals surface area contributed by atoms with Crippen molar-refractivity contribution in [2.75, 3.05) is 17.3 Å². The highest BCUT2D eigenvalue weighted by Gasteiger charge is 2.39. The van der Waals surface area contributed by atoms with Crippen LogP contribution in [0.4, 0.5) is 19.0 Å². The van der Waals surface area contributed by atoms with Crippen LogP contribution in [0.25, 0.3) is 0 Å². The molecule has 1 saturated carbocycles. The lowest BCUT2D eigenvalue weighted by atomic mass is 10.2. The quantitative estimate of drug-likeness (QED) is 0.766. The highest BCUT2D eigenvalue weighted by Crippen LogP contribution is 2.40. The number of nitrogens with zero attached hydrogens (tertiary/aromatic N) is 2. The largest absolute Gasteiger partial charge is 0.419 e. The first-order valence-electron chi connectivity index (χ1n) is 5.49. The molecule has 100 valence electrons. The van der Waals surface area contributed by atoms with Crippen LogP contribution in [0.1, 0.15) is 18.4 Å². The molecule has 1 aromatic rings. The van der Waals surface area contributed by atoms with Crippen LogP contribution in [-0.2, 0) is 6.18 Å². The van der Waals surface area contributed by atoms with Crippen molar-refractivity contribution in [2.45, 2.75) is 25.1 Å². The van der Waals surface area contributed by atoms with Gasteiger partial charge in [-0.25, -0.2) is 4.98 Å². The van der Waals surface area contributed by atoms with Crippen LogP contribution in [0.3, 0.4) is 0 Å². The molecule has 1 aliphatic carbocycles. The monoisotopic (exact) mass is 342 g/mol. The summed E-state index contributed by atoms with van der Waals surface area (Å²) < 4.78 is 39.3. The van der Waals surface area contributed by atoms with Crippen LogP contribution in [0, 0.1) is 0 Å². The predicted molar refractivity (Wildman–Crippen MR) is 68.0 cm³/mol. The Morgan fingerprint density at radius 1 is 1.44 bits per heavy atom. The normalized spacial score (nSPS) is 15.8. The molecule has 0 aliphatic heterocycles. The summed E-state index contributed by atoms with van der Waals surface area (Å²) in [5.41, 5.74) is -0.714. The van der Waals surface area contributed by atoms with Crippen LogP contribution in [0.15, 0.2) is 16.7 Å². The Balaban J connectivity index is 2.41. The zero-order chi connectivity index (χ0) is 13.3. The summed E-state index contributed by atoms with van der Waals surface area (Å²) >= 11 is 8.68. The van der Waals surface area contributed by atoms with E-state index in [1.807, 2.05) is 0 Å². The highest BCUT2D eigenvalue weighted by atomic mass is 79.9. The third-order valence-electron chi connectivity index (χ3n) is 2.72. The molecule has 0 aromatic carbocycles. The molecule has 0 radical (unpaired) electrons. The number of hydrogen-bond acceptors (Lipinski definition) is 2. The van der Waals surface area contributed by atoms with Gasteiger partial charge in [0, 0.05) is 29.1 Å². The number of anilines is 1. The minimum absolute atomic E-state index is 0.0196. The number of halogens is 5. The van der Waals surface area contributed by atoms with Gasteiger partial charge in [-0.3, -0.25) is 0 Å². The van der Waals surface area contributed by atoms with Crippen molar-refractivity contribution in [3.05, 3.63) is 22.3 Å². The van der Waals surface area contributed by atoms with Gasteiger partial charge in [-0.05, 0) is 34.8 Å². The fraction of sp³-hybridized carbons (Fsp3) is 0.545. The van der Waals surface area contributed by atoms with Gasteiger partial charge >= 0.3 is 6.18 Å². The zero-order valence-electron chi connectivity index (χ0n) is 9.34. The summed E-state index contributed by atoms with van der Waals surface area (Å²) in [6, 6.07) is 1.20. The molecule has 0 N–H and O–H groups in total. The van der Waals surface area contributed by atoms with Gasteiger partial charge < -0.3 is 4.90 Å². The van der Waals surface area contributed by atoms with E-state index in [-0.39, 0.29) is 17.7 Å². The van der Waals surface area contributed by atoms with Crippen molar-refractivity contribution in [2.24, 2.45) is 0 Å². The standard InChI is InChI=1S/C11H11BrClF3N2/c12-7-5-9(11(14,15)16)10(17-6-7)18(4-3-13)8-1-2-8/h5-6,8H,1-4H2. The van der Waals surface area contributed by atoms with E-state index in [2.05, 4.69) is 20.9 Å². The van der Waals surface area contributed by atoms with Gasteiger partial charge in [0.25, 0.3) is 0 Å². The van der Waals surface area contributed by atoms with Crippen molar-refractivity contribution in [3.8, 4) is 0 Å². The lowest BCUT2D eigenvalue weighted by molar-refractivity contribution is -0.137. The molecule has 0 unspecified atom stereocenters. The van der Waals surface area contributed by atoms with E-state index in [4.69, 9.17) is 11.6 Å². The summed E-state index contributed by atoms with van der Waals surface area (Å²) in [6.45, 7) is 0.379. The van der Waals surface area contributed by atoms with Crippen molar-refractivity contribution < 1.29 is 13.2 Å². The average molecular weight is 344 g/mol. The second-order valence-corrected chi connectivity index (χ2v) is 5.43. The first kappa shape index (κ1) is 13.9. The van der Waals surface area contributed by atoms with E-state index in [0.717, 1.165) is 18.9 Å². The Bertz CT molecular complexity index is 435. The third kappa shape index (κ3) is 3.09. The van der Waals surface area contributed by atoms with Gasteiger partial charge in [0.2, 0.25) is 0 Å². The maximum Gasteiger partial charge on any atom is 0.419 e. The second-order valence-electron chi connectivity index (χ2n) is 4.14. The lowest BCUT2D eigenvalue weighted by Crippen LogP contribution is -2.31. The van der Waals surface area contributed by atoms with Crippen LogP contribution >= 0.6 is 27.5 Å². The molecule has 2 nitrogen and oxygen atoms in total. The SMILES string of the molecule is FC(F)(F)c1cc(Br)cnc1N(CCCl)C1CC1. The minimum atomic E-state index is -4.41. The van der Waals surface area contributed by atoms with Crippen molar-refractivity contribution in [3.63, 3.8) is 0 Å². The maximum atomic E-state index is 13.0. The molecule has 1 fully saturated rings. The Morgan fingerprint density at radius 3 is 2.61 bits per heavy atom. The van der Waals surface area contributed by atoms with E-state index < -0.39 is 11.7 Å². The predicted octanol–water partition coefficient (Wildman–Crippen LogP) is 4.07. The van der Waals surface area contributed by atoms with Gasteiger partial charge in [0.05, 0.1) is 5.56 Å². The molecular weight excluding hydrogens is 332 g/mol. The van der Waals surface area contributed by atoms with Crippen molar-refractivity contribution in [1.82, 2.24) is 4.98 Å². The number of aromatic nitrogens is 1. The van der Waals surface area contributed by atoms with E-state index in [9.17, 15) is 13.2 Å². The van der Waals surface area contributed by atoms with E-state index in [0.29, 0.717) is 11.0 Å². The van der Waals surface area contributed by atoms with Crippen molar-refractivity contribution in [1.29, 1.82) is 0 Å².